The third kappa shape index (κ3) is 4.63. The van der Waals surface area contributed by atoms with Crippen LogP contribution in [0.25, 0.3) is 0 Å². The molecule has 2 N–H and O–H groups in total. The molecule has 8 nitrogen and oxygen atoms in total. The molecule has 34 heavy (non-hydrogen) atoms. The molecular formula is C25H34BN5O3. The Hall–Kier alpha value is -3.04. The third-order valence-corrected chi connectivity index (χ3v) is 7.12. The first-order valence-corrected chi connectivity index (χ1v) is 11.7. The van der Waals surface area contributed by atoms with E-state index in [1.807, 2.05) is 24.3 Å². The quantitative estimate of drug-likeness (QED) is 0.405. The Bertz CT molecular complexity index is 1000. The zero-order valence-electron chi connectivity index (χ0n) is 20.7. The van der Waals surface area contributed by atoms with Gasteiger partial charge in [-0.3, -0.25) is 10.3 Å². The fourth-order valence-corrected chi connectivity index (χ4v) is 4.24. The first-order valence-electron chi connectivity index (χ1n) is 11.7. The first kappa shape index (κ1) is 24.1. The zero-order chi connectivity index (χ0) is 24.5. The van der Waals surface area contributed by atoms with Crippen molar-refractivity contribution in [3.8, 4) is 0 Å². The summed E-state index contributed by atoms with van der Waals surface area (Å²) in [6.45, 7) is 11.9. The van der Waals surface area contributed by atoms with Crippen molar-refractivity contribution in [3.05, 3.63) is 48.5 Å². The number of hydrogen-bond acceptors (Lipinski definition) is 6. The molecule has 2 fully saturated rings. The SMILES string of the molecule is CNC(=O)N(C=N)c1ccc(N2CCN(c3ccc(B4OC(C)(C)C(C)(C)O4)cc3)CC2)cc1. The second-order valence-corrected chi connectivity index (χ2v) is 9.72. The molecule has 9 heteroatoms. The highest BCUT2D eigenvalue weighted by atomic mass is 16.7. The van der Waals surface area contributed by atoms with Crippen molar-refractivity contribution >= 4 is 42.0 Å². The van der Waals surface area contributed by atoms with Gasteiger partial charge < -0.3 is 24.4 Å². The van der Waals surface area contributed by atoms with E-state index in [9.17, 15) is 4.79 Å². The Morgan fingerprint density at radius 2 is 1.35 bits per heavy atom. The van der Waals surface area contributed by atoms with E-state index < -0.39 is 0 Å². The molecule has 0 unspecified atom stereocenters. The number of carbonyl (C=O) groups is 1. The van der Waals surface area contributed by atoms with Gasteiger partial charge in [-0.2, -0.15) is 0 Å². The lowest BCUT2D eigenvalue weighted by Gasteiger charge is -2.37. The van der Waals surface area contributed by atoms with E-state index in [1.165, 1.54) is 10.6 Å². The number of nitrogens with one attached hydrogen (secondary N) is 2. The van der Waals surface area contributed by atoms with Gasteiger partial charge in [0, 0.05) is 44.6 Å². The van der Waals surface area contributed by atoms with Crippen LogP contribution in [0.3, 0.4) is 0 Å². The van der Waals surface area contributed by atoms with Crippen molar-refractivity contribution in [2.75, 3.05) is 47.9 Å². The summed E-state index contributed by atoms with van der Waals surface area (Å²) in [4.78, 5) is 17.9. The summed E-state index contributed by atoms with van der Waals surface area (Å²) in [5, 5.41) is 10.0. The summed E-state index contributed by atoms with van der Waals surface area (Å²) in [7, 11) is 1.21. The first-order chi connectivity index (χ1) is 16.1. The fraction of sp³-hybridized carbons (Fsp3) is 0.440. The summed E-state index contributed by atoms with van der Waals surface area (Å²) < 4.78 is 12.3. The average molecular weight is 463 g/mol. The van der Waals surface area contributed by atoms with Crippen LogP contribution >= 0.6 is 0 Å². The molecule has 2 aliphatic rings. The number of nitrogens with zero attached hydrogens (tertiary/aromatic N) is 3. The molecular weight excluding hydrogens is 429 g/mol. The van der Waals surface area contributed by atoms with Gasteiger partial charge in [0.2, 0.25) is 0 Å². The summed E-state index contributed by atoms with van der Waals surface area (Å²) in [5.41, 5.74) is 3.33. The van der Waals surface area contributed by atoms with E-state index in [-0.39, 0.29) is 24.4 Å². The van der Waals surface area contributed by atoms with E-state index in [0.717, 1.165) is 43.7 Å². The Labute approximate surface area is 202 Å². The normalized spacial score (nSPS) is 19.1. The highest BCUT2D eigenvalue weighted by molar-refractivity contribution is 6.62. The van der Waals surface area contributed by atoms with E-state index in [4.69, 9.17) is 14.7 Å². The van der Waals surface area contributed by atoms with Crippen molar-refractivity contribution in [1.82, 2.24) is 5.32 Å². The number of piperazine rings is 1. The maximum atomic E-state index is 11.9. The molecule has 0 spiro atoms. The summed E-state index contributed by atoms with van der Waals surface area (Å²) in [6.07, 6.45) is 1.02. The molecule has 0 bridgehead atoms. The Balaban J connectivity index is 1.35. The van der Waals surface area contributed by atoms with E-state index >= 15 is 0 Å². The maximum absolute atomic E-state index is 11.9. The molecule has 180 valence electrons. The maximum Gasteiger partial charge on any atom is 0.494 e. The Morgan fingerprint density at radius 3 is 1.76 bits per heavy atom. The predicted octanol–water partition coefficient (Wildman–Crippen LogP) is 3.07. The van der Waals surface area contributed by atoms with Gasteiger partial charge in [-0.15, -0.1) is 0 Å². The number of hydrogen-bond donors (Lipinski definition) is 2. The van der Waals surface area contributed by atoms with E-state index in [1.54, 1.807) is 7.05 Å². The molecule has 2 aliphatic heterocycles. The Morgan fingerprint density at radius 1 is 0.912 bits per heavy atom. The van der Waals surface area contributed by atoms with Crippen molar-refractivity contribution in [3.63, 3.8) is 0 Å². The third-order valence-electron chi connectivity index (χ3n) is 7.12. The molecule has 0 saturated carbocycles. The lowest BCUT2D eigenvalue weighted by molar-refractivity contribution is 0.00578. The van der Waals surface area contributed by atoms with Crippen molar-refractivity contribution in [2.45, 2.75) is 38.9 Å². The summed E-state index contributed by atoms with van der Waals surface area (Å²) in [5.74, 6) is 0. The van der Waals surface area contributed by atoms with Crippen LogP contribution in [0.5, 0.6) is 0 Å². The molecule has 2 aromatic carbocycles. The summed E-state index contributed by atoms with van der Waals surface area (Å²) >= 11 is 0. The molecule has 0 aromatic heterocycles. The molecule has 2 heterocycles. The van der Waals surface area contributed by atoms with Gasteiger partial charge in [0.15, 0.2) is 0 Å². The molecule has 2 amide bonds. The monoisotopic (exact) mass is 463 g/mol. The standard InChI is InChI=1S/C25H34BN5O3/c1-24(2)25(3,4)34-26(33-24)19-6-8-20(9-7-19)29-14-16-30(17-15-29)21-10-12-22(13-11-21)31(18-27)23(32)28-5/h6-13,18,27H,14-17H2,1-5H3,(H,28,32). The van der Waals surface area contributed by atoms with Crippen LogP contribution in [0, 0.1) is 5.41 Å². The smallest absolute Gasteiger partial charge is 0.399 e. The molecule has 4 rings (SSSR count). The van der Waals surface area contributed by atoms with Gasteiger partial charge in [0.05, 0.1) is 23.2 Å². The molecule has 0 atom stereocenters. The molecule has 2 aromatic rings. The number of urea groups is 1. The second kappa shape index (κ2) is 9.31. The van der Waals surface area contributed by atoms with Gasteiger partial charge in [-0.1, -0.05) is 12.1 Å². The molecule has 2 saturated heterocycles. The van der Waals surface area contributed by atoms with Crippen LogP contribution in [0.2, 0.25) is 0 Å². The number of benzene rings is 2. The average Bonchev–Trinajstić information content (AvgIpc) is 3.06. The van der Waals surface area contributed by atoms with Crippen LogP contribution in [0.15, 0.2) is 48.5 Å². The number of anilines is 3. The summed E-state index contributed by atoms with van der Waals surface area (Å²) in [6, 6.07) is 15.9. The minimum absolute atomic E-state index is 0.333. The number of rotatable bonds is 5. The Kier molecular flexibility index (Phi) is 6.60. The minimum atomic E-state index is -0.342. The van der Waals surface area contributed by atoms with Crippen molar-refractivity contribution < 1.29 is 14.1 Å². The van der Waals surface area contributed by atoms with Gasteiger partial charge >= 0.3 is 13.1 Å². The minimum Gasteiger partial charge on any atom is -0.399 e. The van der Waals surface area contributed by atoms with Crippen LogP contribution in [-0.4, -0.2) is 63.9 Å². The second-order valence-electron chi connectivity index (χ2n) is 9.72. The van der Waals surface area contributed by atoms with Gasteiger partial charge in [0.25, 0.3) is 0 Å². The van der Waals surface area contributed by atoms with Crippen LogP contribution < -0.4 is 25.5 Å². The predicted molar refractivity (Wildman–Crippen MR) is 139 cm³/mol. The fourth-order valence-electron chi connectivity index (χ4n) is 4.24. The number of carbonyl (C=O) groups excluding carboxylic acids is 1. The van der Waals surface area contributed by atoms with E-state index in [2.05, 4.69) is 67.1 Å². The van der Waals surface area contributed by atoms with Crippen LogP contribution in [-0.2, 0) is 9.31 Å². The van der Waals surface area contributed by atoms with Crippen molar-refractivity contribution in [1.29, 1.82) is 5.41 Å². The largest absolute Gasteiger partial charge is 0.494 e. The number of amides is 2. The molecule has 0 aliphatic carbocycles. The lowest BCUT2D eigenvalue weighted by atomic mass is 9.79. The zero-order valence-corrected chi connectivity index (χ0v) is 20.7. The van der Waals surface area contributed by atoms with Crippen LogP contribution in [0.1, 0.15) is 27.7 Å². The van der Waals surface area contributed by atoms with Crippen LogP contribution in [0.4, 0.5) is 21.9 Å². The highest BCUT2D eigenvalue weighted by Crippen LogP contribution is 2.36. The molecule has 0 radical (unpaired) electrons. The van der Waals surface area contributed by atoms with Gasteiger partial charge in [-0.25, -0.2) is 4.79 Å². The topological polar surface area (TPSA) is 81.1 Å². The van der Waals surface area contributed by atoms with E-state index in [0.29, 0.717) is 5.69 Å². The van der Waals surface area contributed by atoms with Gasteiger partial charge in [-0.05, 0) is 69.6 Å². The highest BCUT2D eigenvalue weighted by Gasteiger charge is 2.51. The van der Waals surface area contributed by atoms with Gasteiger partial charge in [0.1, 0.15) is 0 Å². The van der Waals surface area contributed by atoms with Crippen molar-refractivity contribution in [2.24, 2.45) is 0 Å². The lowest BCUT2D eigenvalue weighted by Crippen LogP contribution is -2.46.